The van der Waals surface area contributed by atoms with Crippen LogP contribution in [0.25, 0.3) is 0 Å². The Hall–Kier alpha value is -2.16. The topological polar surface area (TPSA) is 85.5 Å². The van der Waals surface area contributed by atoms with Gasteiger partial charge < -0.3 is 14.2 Å². The first kappa shape index (κ1) is 20.6. The average molecular weight is 410 g/mol. The number of hydrogen-bond acceptors (Lipinski definition) is 7. The maximum atomic E-state index is 14.5. The number of benzene rings is 1. The Labute approximate surface area is 164 Å². The van der Waals surface area contributed by atoms with Crippen molar-refractivity contribution in [1.29, 1.82) is 0 Å². The lowest BCUT2D eigenvalue weighted by molar-refractivity contribution is 0.126. The summed E-state index contributed by atoms with van der Waals surface area (Å²) >= 11 is 0. The van der Waals surface area contributed by atoms with Gasteiger partial charge in [-0.3, -0.25) is 0 Å². The first-order valence-electron chi connectivity index (χ1n) is 9.31. The molecular formula is C19H25FN3O4S. The highest BCUT2D eigenvalue weighted by Gasteiger charge is 2.29. The maximum absolute atomic E-state index is 14.5. The maximum Gasteiger partial charge on any atom is 0.324 e. The van der Waals surface area contributed by atoms with Crippen LogP contribution in [-0.2, 0) is 9.84 Å². The summed E-state index contributed by atoms with van der Waals surface area (Å²) in [5, 5.41) is 3.99. The number of ether oxygens (including phenoxy) is 1. The highest BCUT2D eigenvalue weighted by Crippen LogP contribution is 2.30. The molecule has 1 aromatic heterocycles. The molecule has 1 saturated heterocycles. The third-order valence-electron chi connectivity index (χ3n) is 5.00. The number of hydrogen-bond donors (Lipinski definition) is 0. The summed E-state index contributed by atoms with van der Waals surface area (Å²) in [7, 11) is -3.68. The van der Waals surface area contributed by atoms with Crippen molar-refractivity contribution in [2.75, 3.05) is 24.2 Å². The van der Waals surface area contributed by atoms with Crippen molar-refractivity contribution < 1.29 is 22.1 Å². The third kappa shape index (κ3) is 4.45. The van der Waals surface area contributed by atoms with Gasteiger partial charge in [0.1, 0.15) is 4.90 Å². The summed E-state index contributed by atoms with van der Waals surface area (Å²) in [6, 6.07) is 5.63. The van der Waals surface area contributed by atoms with Crippen molar-refractivity contribution >= 4 is 15.9 Å². The van der Waals surface area contributed by atoms with Crippen LogP contribution in [0.5, 0.6) is 5.75 Å². The van der Waals surface area contributed by atoms with E-state index in [2.05, 4.69) is 16.2 Å². The standard InChI is InChI=1S/C19H25FN3O4S/c1-12(2)18-21-19(27-22-18)23-10-8-14(9-11-23)13(3)26-15-6-5-7-16(17(15)20)28(4,24)25/h6-7,12-14H,8-11H2,1-4H3/t13-/m0/s1. The van der Waals surface area contributed by atoms with E-state index in [-0.39, 0.29) is 23.7 Å². The Morgan fingerprint density at radius 2 is 1.96 bits per heavy atom. The molecule has 153 valence electrons. The monoisotopic (exact) mass is 410 g/mol. The van der Waals surface area contributed by atoms with Crippen LogP contribution in [-0.4, -0.2) is 44.0 Å². The zero-order chi connectivity index (χ0) is 20.5. The fourth-order valence-electron chi connectivity index (χ4n) is 3.24. The molecule has 2 heterocycles. The molecule has 1 aromatic carbocycles. The first-order chi connectivity index (χ1) is 13.2. The number of nitrogens with zero attached hydrogens (tertiary/aromatic N) is 3. The Kier molecular flexibility index (Phi) is 5.92. The summed E-state index contributed by atoms with van der Waals surface area (Å²) in [4.78, 5) is 6.07. The first-order valence-corrected chi connectivity index (χ1v) is 11.2. The van der Waals surface area contributed by atoms with E-state index in [0.29, 0.717) is 11.8 Å². The van der Waals surface area contributed by atoms with Crippen molar-refractivity contribution in [3.05, 3.63) is 29.8 Å². The molecule has 0 saturated carbocycles. The van der Waals surface area contributed by atoms with E-state index < -0.39 is 20.5 Å². The number of anilines is 1. The predicted octanol–water partition coefficient (Wildman–Crippen LogP) is 3.22. The SMILES string of the molecule is CC(C)c1noc(N2CCC([C@H](C)Oc3c[c]cc(S(C)(=O)=O)c3F)CC2)n1. The van der Waals surface area contributed by atoms with Crippen LogP contribution in [0, 0.1) is 17.8 Å². The van der Waals surface area contributed by atoms with Crippen molar-refractivity contribution in [3.8, 4) is 5.75 Å². The second kappa shape index (κ2) is 8.06. The number of piperidine rings is 1. The van der Waals surface area contributed by atoms with Gasteiger partial charge in [-0.25, -0.2) is 12.8 Å². The molecule has 0 aliphatic carbocycles. The fourth-order valence-corrected chi connectivity index (χ4v) is 3.95. The Morgan fingerprint density at radius 3 is 2.54 bits per heavy atom. The smallest absolute Gasteiger partial charge is 0.324 e. The molecule has 0 bridgehead atoms. The predicted molar refractivity (Wildman–Crippen MR) is 102 cm³/mol. The summed E-state index contributed by atoms with van der Waals surface area (Å²) < 4.78 is 48.9. The lowest BCUT2D eigenvalue weighted by atomic mass is 9.92. The molecular weight excluding hydrogens is 385 g/mol. The molecule has 0 N–H and O–H groups in total. The summed E-state index contributed by atoms with van der Waals surface area (Å²) in [6.07, 6.45) is 2.33. The van der Waals surface area contributed by atoms with E-state index >= 15 is 0 Å². The molecule has 7 nitrogen and oxygen atoms in total. The molecule has 28 heavy (non-hydrogen) atoms. The van der Waals surface area contributed by atoms with E-state index in [1.807, 2.05) is 25.7 Å². The van der Waals surface area contributed by atoms with Gasteiger partial charge in [0.15, 0.2) is 27.2 Å². The van der Waals surface area contributed by atoms with Gasteiger partial charge in [0.2, 0.25) is 0 Å². The molecule has 0 spiro atoms. The average Bonchev–Trinajstić information content (AvgIpc) is 3.13. The quantitative estimate of drug-likeness (QED) is 0.723. The van der Waals surface area contributed by atoms with Crippen molar-refractivity contribution in [3.63, 3.8) is 0 Å². The molecule has 1 fully saturated rings. The number of halogens is 1. The van der Waals surface area contributed by atoms with E-state index in [1.165, 1.54) is 6.07 Å². The normalized spacial score (nSPS) is 17.1. The molecule has 1 aliphatic heterocycles. The largest absolute Gasteiger partial charge is 0.487 e. The van der Waals surface area contributed by atoms with Crippen LogP contribution >= 0.6 is 0 Å². The van der Waals surface area contributed by atoms with Gasteiger partial charge >= 0.3 is 6.01 Å². The lowest BCUT2D eigenvalue weighted by Gasteiger charge is -2.33. The van der Waals surface area contributed by atoms with E-state index in [1.54, 1.807) is 0 Å². The molecule has 0 amide bonds. The van der Waals surface area contributed by atoms with Gasteiger partial charge in [-0.1, -0.05) is 19.0 Å². The Bertz CT molecular complexity index is 921. The summed E-state index contributed by atoms with van der Waals surface area (Å²) in [5.74, 6) is 0.142. The highest BCUT2D eigenvalue weighted by atomic mass is 32.2. The lowest BCUT2D eigenvalue weighted by Crippen LogP contribution is -2.39. The summed E-state index contributed by atoms with van der Waals surface area (Å²) in [6.45, 7) is 7.35. The van der Waals surface area contributed by atoms with Crippen LogP contribution in [0.3, 0.4) is 0 Å². The highest BCUT2D eigenvalue weighted by molar-refractivity contribution is 7.90. The van der Waals surface area contributed by atoms with Crippen molar-refractivity contribution in [2.24, 2.45) is 5.92 Å². The number of sulfone groups is 1. The zero-order valence-electron chi connectivity index (χ0n) is 16.5. The molecule has 1 atom stereocenters. The van der Waals surface area contributed by atoms with Gasteiger partial charge in [0, 0.05) is 25.3 Å². The van der Waals surface area contributed by atoms with Crippen LogP contribution in [0.2, 0.25) is 0 Å². The van der Waals surface area contributed by atoms with Gasteiger partial charge in [0.05, 0.1) is 6.10 Å². The second-order valence-electron chi connectivity index (χ2n) is 7.51. The molecule has 9 heteroatoms. The fraction of sp³-hybridized carbons (Fsp3) is 0.579. The number of rotatable bonds is 6. The minimum Gasteiger partial charge on any atom is -0.487 e. The van der Waals surface area contributed by atoms with Gasteiger partial charge in [-0.2, -0.15) is 4.98 Å². The van der Waals surface area contributed by atoms with Crippen molar-refractivity contribution in [1.82, 2.24) is 10.1 Å². The van der Waals surface area contributed by atoms with Gasteiger partial charge in [-0.05, 0) is 43.9 Å². The second-order valence-corrected chi connectivity index (χ2v) is 9.49. The van der Waals surface area contributed by atoms with Crippen LogP contribution in [0.1, 0.15) is 45.4 Å². The van der Waals surface area contributed by atoms with E-state index in [9.17, 15) is 12.8 Å². The van der Waals surface area contributed by atoms with E-state index in [4.69, 9.17) is 9.26 Å². The van der Waals surface area contributed by atoms with Gasteiger partial charge in [-0.15, -0.1) is 0 Å². The molecule has 2 aromatic rings. The Morgan fingerprint density at radius 1 is 1.29 bits per heavy atom. The van der Waals surface area contributed by atoms with Gasteiger partial charge in [0.25, 0.3) is 0 Å². The van der Waals surface area contributed by atoms with Crippen molar-refractivity contribution in [2.45, 2.75) is 50.5 Å². The molecule has 1 radical (unpaired) electrons. The van der Waals surface area contributed by atoms with Crippen LogP contribution < -0.4 is 9.64 Å². The molecule has 3 rings (SSSR count). The number of aromatic nitrogens is 2. The molecule has 1 aliphatic rings. The summed E-state index contributed by atoms with van der Waals surface area (Å²) in [5.41, 5.74) is 0. The van der Waals surface area contributed by atoms with E-state index in [0.717, 1.165) is 38.3 Å². The third-order valence-corrected chi connectivity index (χ3v) is 6.09. The minimum absolute atomic E-state index is 0.0867. The van der Waals surface area contributed by atoms with Crippen LogP contribution in [0.4, 0.5) is 10.4 Å². The Balaban J connectivity index is 1.62. The van der Waals surface area contributed by atoms with Crippen LogP contribution in [0.15, 0.2) is 21.6 Å². The molecule has 0 unspecified atom stereocenters. The zero-order valence-corrected chi connectivity index (χ0v) is 17.3. The minimum atomic E-state index is -3.68.